The molecule has 1 heterocycles. The Morgan fingerprint density at radius 1 is 1.10 bits per heavy atom. The van der Waals surface area contributed by atoms with E-state index >= 15 is 0 Å². The number of nitrogens with zero attached hydrogens (tertiary/aromatic N) is 1. The van der Waals surface area contributed by atoms with E-state index in [-0.39, 0.29) is 6.17 Å². The number of rotatable bonds is 2. The highest BCUT2D eigenvalue weighted by atomic mass is 16.2. The second-order valence-electron chi connectivity index (χ2n) is 4.90. The molecule has 102 valence electrons. The summed E-state index contributed by atoms with van der Waals surface area (Å²) in [5, 5.41) is 2.84. The van der Waals surface area contributed by atoms with Gasteiger partial charge in [0.1, 0.15) is 6.17 Å². The Morgan fingerprint density at radius 3 is 2.55 bits per heavy atom. The van der Waals surface area contributed by atoms with Crippen LogP contribution in [0.1, 0.15) is 12.0 Å². The summed E-state index contributed by atoms with van der Waals surface area (Å²) in [7, 11) is 0. The second kappa shape index (κ2) is 5.25. The molecule has 0 spiro atoms. The van der Waals surface area contributed by atoms with Crippen molar-refractivity contribution in [3.05, 3.63) is 60.2 Å². The molecule has 0 aromatic heterocycles. The fraction of sp³-hybridized carbons (Fsp3) is 0.188. The lowest BCUT2D eigenvalue weighted by Crippen LogP contribution is -2.50. The molecule has 3 rings (SSSR count). The van der Waals surface area contributed by atoms with Gasteiger partial charge < -0.3 is 16.0 Å². The van der Waals surface area contributed by atoms with Crippen molar-refractivity contribution >= 4 is 17.4 Å². The quantitative estimate of drug-likeness (QED) is 0.879. The Hall–Kier alpha value is -2.49. The number of nitrogens with one attached hydrogen (secondary N) is 1. The number of para-hydroxylation sites is 2. The third-order valence-corrected chi connectivity index (χ3v) is 3.59. The van der Waals surface area contributed by atoms with Crippen molar-refractivity contribution < 1.29 is 4.79 Å². The summed E-state index contributed by atoms with van der Waals surface area (Å²) in [6.07, 6.45) is 1.67. The fourth-order valence-electron chi connectivity index (χ4n) is 2.76. The minimum absolute atomic E-state index is 0.107. The van der Waals surface area contributed by atoms with Crippen molar-refractivity contribution in [3.63, 3.8) is 0 Å². The number of carbonyl (C=O) groups excluding carboxylic acids is 1. The number of urea groups is 1. The molecule has 1 atom stereocenters. The van der Waals surface area contributed by atoms with Gasteiger partial charge in [0, 0.05) is 11.4 Å². The first-order valence-corrected chi connectivity index (χ1v) is 6.74. The maximum absolute atomic E-state index is 11.2. The lowest BCUT2D eigenvalue weighted by atomic mass is 9.98. The van der Waals surface area contributed by atoms with Crippen LogP contribution in [-0.4, -0.2) is 12.2 Å². The zero-order valence-electron chi connectivity index (χ0n) is 11.1. The number of benzene rings is 2. The van der Waals surface area contributed by atoms with Crippen LogP contribution in [0.3, 0.4) is 0 Å². The number of nitrogens with two attached hydrogens (primary N) is 1. The largest absolute Gasteiger partial charge is 0.352 e. The molecule has 0 radical (unpaired) electrons. The van der Waals surface area contributed by atoms with Gasteiger partial charge in [-0.2, -0.15) is 0 Å². The van der Waals surface area contributed by atoms with Gasteiger partial charge in [-0.3, -0.25) is 0 Å². The minimum atomic E-state index is -0.490. The molecule has 0 saturated carbocycles. The summed E-state index contributed by atoms with van der Waals surface area (Å²) in [4.78, 5) is 13.4. The van der Waals surface area contributed by atoms with E-state index in [4.69, 9.17) is 5.73 Å². The summed E-state index contributed by atoms with van der Waals surface area (Å²) in [5.41, 5.74) is 8.78. The molecule has 1 unspecified atom stereocenters. The molecule has 1 aliphatic rings. The van der Waals surface area contributed by atoms with E-state index in [0.29, 0.717) is 0 Å². The standard InChI is InChI=1S/C16H17N3O/c17-16(20)18-15-11-10-12-6-4-5-9-14(12)19(15)13-7-2-1-3-8-13/h1-9,15H,10-11H2,(H3,17,18,20). The first-order chi connectivity index (χ1) is 9.75. The van der Waals surface area contributed by atoms with E-state index in [0.717, 1.165) is 24.2 Å². The molecule has 1 aliphatic heterocycles. The molecular weight excluding hydrogens is 250 g/mol. The predicted octanol–water partition coefficient (Wildman–Crippen LogP) is 2.77. The van der Waals surface area contributed by atoms with Gasteiger partial charge >= 0.3 is 6.03 Å². The predicted molar refractivity (Wildman–Crippen MR) is 79.9 cm³/mol. The van der Waals surface area contributed by atoms with Crippen LogP contribution in [-0.2, 0) is 6.42 Å². The monoisotopic (exact) mass is 267 g/mol. The van der Waals surface area contributed by atoms with Crippen LogP contribution in [0.4, 0.5) is 16.2 Å². The van der Waals surface area contributed by atoms with Gasteiger partial charge in [-0.05, 0) is 36.6 Å². The van der Waals surface area contributed by atoms with Gasteiger partial charge in [0.25, 0.3) is 0 Å². The first-order valence-electron chi connectivity index (χ1n) is 6.74. The molecule has 4 heteroatoms. The van der Waals surface area contributed by atoms with Crippen LogP contribution in [0.15, 0.2) is 54.6 Å². The summed E-state index contributed by atoms with van der Waals surface area (Å²) >= 11 is 0. The number of hydrogen-bond donors (Lipinski definition) is 2. The number of anilines is 2. The van der Waals surface area contributed by atoms with Crippen LogP contribution in [0.2, 0.25) is 0 Å². The maximum Gasteiger partial charge on any atom is 0.313 e. The highest BCUT2D eigenvalue weighted by Crippen LogP contribution is 2.35. The van der Waals surface area contributed by atoms with Gasteiger partial charge in [0.2, 0.25) is 0 Å². The van der Waals surface area contributed by atoms with Crippen LogP contribution >= 0.6 is 0 Å². The second-order valence-corrected chi connectivity index (χ2v) is 4.90. The summed E-state index contributed by atoms with van der Waals surface area (Å²) < 4.78 is 0. The summed E-state index contributed by atoms with van der Waals surface area (Å²) in [6, 6.07) is 17.8. The highest BCUT2D eigenvalue weighted by Gasteiger charge is 2.27. The number of amides is 2. The summed E-state index contributed by atoms with van der Waals surface area (Å²) in [6.45, 7) is 0. The van der Waals surface area contributed by atoms with E-state index in [2.05, 4.69) is 22.3 Å². The van der Waals surface area contributed by atoms with Gasteiger partial charge in [-0.25, -0.2) is 4.79 Å². The molecular formula is C16H17N3O. The van der Waals surface area contributed by atoms with E-state index in [9.17, 15) is 4.79 Å². The van der Waals surface area contributed by atoms with Crippen molar-refractivity contribution in [1.29, 1.82) is 0 Å². The number of aryl methyl sites for hydroxylation is 1. The highest BCUT2D eigenvalue weighted by molar-refractivity contribution is 5.75. The number of hydrogen-bond acceptors (Lipinski definition) is 2. The maximum atomic E-state index is 11.2. The molecule has 20 heavy (non-hydrogen) atoms. The third kappa shape index (κ3) is 2.32. The Kier molecular flexibility index (Phi) is 3.29. The molecule has 0 aliphatic carbocycles. The van der Waals surface area contributed by atoms with Crippen LogP contribution in [0, 0.1) is 0 Å². The molecule has 0 saturated heterocycles. The van der Waals surface area contributed by atoms with Crippen LogP contribution in [0.25, 0.3) is 0 Å². The molecule has 2 amide bonds. The molecule has 0 fully saturated rings. The van der Waals surface area contributed by atoms with Gasteiger partial charge in [0.05, 0.1) is 0 Å². The average molecular weight is 267 g/mol. The third-order valence-electron chi connectivity index (χ3n) is 3.59. The van der Waals surface area contributed by atoms with E-state index in [1.807, 2.05) is 42.5 Å². The van der Waals surface area contributed by atoms with Gasteiger partial charge in [0.15, 0.2) is 0 Å². The SMILES string of the molecule is NC(=O)NC1CCc2ccccc2N1c1ccccc1. The van der Waals surface area contributed by atoms with E-state index in [1.54, 1.807) is 0 Å². The number of fused-ring (bicyclic) bond motifs is 1. The van der Waals surface area contributed by atoms with Crippen molar-refractivity contribution in [2.45, 2.75) is 19.0 Å². The van der Waals surface area contributed by atoms with E-state index in [1.165, 1.54) is 5.56 Å². The van der Waals surface area contributed by atoms with Gasteiger partial charge in [-0.15, -0.1) is 0 Å². The van der Waals surface area contributed by atoms with Crippen molar-refractivity contribution in [3.8, 4) is 0 Å². The van der Waals surface area contributed by atoms with E-state index < -0.39 is 6.03 Å². The molecule has 3 N–H and O–H groups in total. The minimum Gasteiger partial charge on any atom is -0.352 e. The zero-order valence-corrected chi connectivity index (χ0v) is 11.1. The fourth-order valence-corrected chi connectivity index (χ4v) is 2.76. The lowest BCUT2D eigenvalue weighted by molar-refractivity contribution is 0.244. The summed E-state index contributed by atoms with van der Waals surface area (Å²) in [5.74, 6) is 0. The molecule has 0 bridgehead atoms. The van der Waals surface area contributed by atoms with Crippen molar-refractivity contribution in [1.82, 2.24) is 5.32 Å². The Morgan fingerprint density at radius 2 is 1.80 bits per heavy atom. The number of primary amides is 1. The number of carbonyl (C=O) groups is 1. The molecule has 2 aromatic rings. The molecule has 2 aromatic carbocycles. The van der Waals surface area contributed by atoms with Crippen LogP contribution in [0.5, 0.6) is 0 Å². The smallest absolute Gasteiger partial charge is 0.313 e. The van der Waals surface area contributed by atoms with Crippen molar-refractivity contribution in [2.24, 2.45) is 5.73 Å². The lowest BCUT2D eigenvalue weighted by Gasteiger charge is -2.38. The first kappa shape index (κ1) is 12.5. The normalized spacial score (nSPS) is 17.4. The topological polar surface area (TPSA) is 58.4 Å². The average Bonchev–Trinajstić information content (AvgIpc) is 2.47. The Balaban J connectivity index is 2.05. The van der Waals surface area contributed by atoms with Gasteiger partial charge in [-0.1, -0.05) is 36.4 Å². The van der Waals surface area contributed by atoms with Crippen molar-refractivity contribution in [2.75, 3.05) is 4.90 Å². The Labute approximate surface area is 118 Å². The van der Waals surface area contributed by atoms with Crippen LogP contribution < -0.4 is 16.0 Å². The molecule has 4 nitrogen and oxygen atoms in total. The zero-order chi connectivity index (χ0) is 13.9. The Bertz CT molecular complexity index is 612.